The molecule has 3 heterocycles. The fourth-order valence-electron chi connectivity index (χ4n) is 2.60. The number of nitrogens with zero attached hydrogens (tertiary/aromatic N) is 4. The summed E-state index contributed by atoms with van der Waals surface area (Å²) in [6.07, 6.45) is 4.94. The van der Waals surface area contributed by atoms with E-state index in [1.165, 1.54) is 17.0 Å². The van der Waals surface area contributed by atoms with Gasteiger partial charge in [-0.3, -0.25) is 14.3 Å². The van der Waals surface area contributed by atoms with E-state index in [1.807, 2.05) is 24.4 Å². The van der Waals surface area contributed by atoms with E-state index >= 15 is 0 Å². The molecule has 0 spiro atoms. The van der Waals surface area contributed by atoms with Crippen LogP contribution in [0, 0.1) is 0 Å². The number of anilines is 2. The van der Waals surface area contributed by atoms with Crippen LogP contribution in [-0.4, -0.2) is 31.4 Å². The summed E-state index contributed by atoms with van der Waals surface area (Å²) in [5.41, 5.74) is 1.67. The van der Waals surface area contributed by atoms with Gasteiger partial charge in [0.2, 0.25) is 0 Å². The lowest BCUT2D eigenvalue weighted by Crippen LogP contribution is -2.13. The summed E-state index contributed by atoms with van der Waals surface area (Å²) in [5, 5.41) is 13.7. The predicted octanol–water partition coefficient (Wildman–Crippen LogP) is 2.70. The number of carbonyl (C=O) groups excluding carboxylic acids is 2. The van der Waals surface area contributed by atoms with Gasteiger partial charge in [-0.1, -0.05) is 0 Å². The molecular weight excluding hydrogens is 360 g/mol. The van der Waals surface area contributed by atoms with Crippen molar-refractivity contribution in [2.24, 2.45) is 7.05 Å². The van der Waals surface area contributed by atoms with Crippen molar-refractivity contribution in [2.45, 2.75) is 0 Å². The minimum Gasteiger partial charge on any atom is -0.459 e. The highest BCUT2D eigenvalue weighted by Gasteiger charge is 2.16. The van der Waals surface area contributed by atoms with Gasteiger partial charge in [-0.05, 0) is 42.5 Å². The predicted molar refractivity (Wildman–Crippen MR) is 101 cm³/mol. The SMILES string of the molecule is Cn1nc(C(=O)Nc2ccc(-n3cccn3)cc2)cc1NC(=O)c1ccco1. The van der Waals surface area contributed by atoms with Crippen molar-refractivity contribution in [1.82, 2.24) is 19.6 Å². The van der Waals surface area contributed by atoms with E-state index in [-0.39, 0.29) is 17.4 Å². The number of hydrogen-bond acceptors (Lipinski definition) is 5. The smallest absolute Gasteiger partial charge is 0.292 e. The zero-order valence-corrected chi connectivity index (χ0v) is 14.9. The summed E-state index contributed by atoms with van der Waals surface area (Å²) in [7, 11) is 1.63. The van der Waals surface area contributed by atoms with Crippen LogP contribution in [0.4, 0.5) is 11.5 Å². The minimum atomic E-state index is -0.422. The molecule has 3 aromatic heterocycles. The van der Waals surface area contributed by atoms with Gasteiger partial charge < -0.3 is 15.1 Å². The van der Waals surface area contributed by atoms with Crippen LogP contribution in [0.3, 0.4) is 0 Å². The van der Waals surface area contributed by atoms with Crippen molar-refractivity contribution in [2.75, 3.05) is 10.6 Å². The Kier molecular flexibility index (Phi) is 4.47. The second kappa shape index (κ2) is 7.23. The van der Waals surface area contributed by atoms with E-state index in [9.17, 15) is 9.59 Å². The summed E-state index contributed by atoms with van der Waals surface area (Å²) < 4.78 is 8.18. The normalized spacial score (nSPS) is 10.6. The van der Waals surface area contributed by atoms with Gasteiger partial charge in [0.15, 0.2) is 11.5 Å². The molecule has 1 aromatic carbocycles. The Morgan fingerprint density at radius 1 is 1.04 bits per heavy atom. The maximum atomic E-state index is 12.5. The molecule has 0 atom stereocenters. The van der Waals surface area contributed by atoms with Crippen LogP contribution in [0.5, 0.6) is 0 Å². The van der Waals surface area contributed by atoms with Gasteiger partial charge in [-0.2, -0.15) is 10.2 Å². The van der Waals surface area contributed by atoms with E-state index < -0.39 is 5.91 Å². The maximum absolute atomic E-state index is 12.5. The average Bonchev–Trinajstić information content (AvgIpc) is 3.45. The lowest BCUT2D eigenvalue weighted by atomic mass is 10.2. The second-order valence-corrected chi connectivity index (χ2v) is 5.92. The fraction of sp³-hybridized carbons (Fsp3) is 0.0526. The van der Waals surface area contributed by atoms with Crippen LogP contribution in [0.1, 0.15) is 21.0 Å². The molecule has 0 aliphatic rings. The Morgan fingerprint density at radius 3 is 2.54 bits per heavy atom. The van der Waals surface area contributed by atoms with Gasteiger partial charge in [0.1, 0.15) is 5.82 Å². The molecular formula is C19H16N6O3. The first-order valence-corrected chi connectivity index (χ1v) is 8.40. The van der Waals surface area contributed by atoms with Crippen LogP contribution in [0.25, 0.3) is 5.69 Å². The largest absolute Gasteiger partial charge is 0.459 e. The molecule has 9 nitrogen and oxygen atoms in total. The van der Waals surface area contributed by atoms with Gasteiger partial charge in [-0.15, -0.1) is 0 Å². The first kappa shape index (κ1) is 17.3. The minimum absolute atomic E-state index is 0.171. The number of furan rings is 1. The molecule has 140 valence electrons. The summed E-state index contributed by atoms with van der Waals surface area (Å²) >= 11 is 0. The van der Waals surface area contributed by atoms with Gasteiger partial charge in [-0.25, -0.2) is 4.68 Å². The van der Waals surface area contributed by atoms with E-state index in [1.54, 1.807) is 42.2 Å². The third-order valence-electron chi connectivity index (χ3n) is 3.99. The van der Waals surface area contributed by atoms with Crippen molar-refractivity contribution in [3.63, 3.8) is 0 Å². The molecule has 9 heteroatoms. The van der Waals surface area contributed by atoms with Crippen molar-refractivity contribution in [3.8, 4) is 5.69 Å². The van der Waals surface area contributed by atoms with Gasteiger partial charge in [0.25, 0.3) is 11.8 Å². The first-order chi connectivity index (χ1) is 13.6. The third-order valence-corrected chi connectivity index (χ3v) is 3.99. The summed E-state index contributed by atoms with van der Waals surface area (Å²) in [5.74, 6) is -0.264. The number of carbonyl (C=O) groups is 2. The van der Waals surface area contributed by atoms with Crippen molar-refractivity contribution in [1.29, 1.82) is 0 Å². The quantitative estimate of drug-likeness (QED) is 0.557. The van der Waals surface area contributed by atoms with Crippen molar-refractivity contribution >= 4 is 23.3 Å². The number of nitrogens with one attached hydrogen (secondary N) is 2. The standard InChI is InChI=1S/C19H16N6O3/c1-24-17(22-19(27)16-4-2-11-28-16)12-15(23-24)18(26)21-13-5-7-14(8-6-13)25-10-3-9-20-25/h2-12H,1H3,(H,21,26)(H,22,27). The molecule has 0 unspecified atom stereocenters. The summed E-state index contributed by atoms with van der Waals surface area (Å²) in [6, 6.07) is 13.7. The molecule has 0 saturated heterocycles. The second-order valence-electron chi connectivity index (χ2n) is 5.92. The Hall–Kier alpha value is -4.14. The number of hydrogen-bond donors (Lipinski definition) is 2. The molecule has 0 aliphatic heterocycles. The Labute approximate surface area is 159 Å². The Bertz CT molecular complexity index is 1100. The molecule has 28 heavy (non-hydrogen) atoms. The summed E-state index contributed by atoms with van der Waals surface area (Å²) in [6.45, 7) is 0. The van der Waals surface area contributed by atoms with Crippen LogP contribution in [0.15, 0.2) is 71.6 Å². The highest BCUT2D eigenvalue weighted by molar-refractivity contribution is 6.05. The third kappa shape index (κ3) is 3.54. The fourth-order valence-corrected chi connectivity index (χ4v) is 2.60. The zero-order chi connectivity index (χ0) is 19.5. The topological polar surface area (TPSA) is 107 Å². The average molecular weight is 376 g/mol. The van der Waals surface area contributed by atoms with E-state index in [2.05, 4.69) is 20.8 Å². The monoisotopic (exact) mass is 376 g/mol. The molecule has 0 bridgehead atoms. The molecule has 4 rings (SSSR count). The maximum Gasteiger partial charge on any atom is 0.292 e. The lowest BCUT2D eigenvalue weighted by molar-refractivity contribution is 0.0993. The highest BCUT2D eigenvalue weighted by Crippen LogP contribution is 2.16. The van der Waals surface area contributed by atoms with Crippen molar-refractivity contribution < 1.29 is 14.0 Å². The van der Waals surface area contributed by atoms with Gasteiger partial charge >= 0.3 is 0 Å². The highest BCUT2D eigenvalue weighted by atomic mass is 16.3. The summed E-state index contributed by atoms with van der Waals surface area (Å²) in [4.78, 5) is 24.5. The van der Waals surface area contributed by atoms with E-state index in [0.717, 1.165) is 5.69 Å². The van der Waals surface area contributed by atoms with E-state index in [0.29, 0.717) is 11.5 Å². The molecule has 0 fully saturated rings. The lowest BCUT2D eigenvalue weighted by Gasteiger charge is -2.05. The van der Waals surface area contributed by atoms with Gasteiger partial charge in [0, 0.05) is 31.2 Å². The number of aryl methyl sites for hydroxylation is 1. The zero-order valence-electron chi connectivity index (χ0n) is 14.9. The van der Waals surface area contributed by atoms with Crippen LogP contribution >= 0.6 is 0 Å². The number of aromatic nitrogens is 4. The van der Waals surface area contributed by atoms with Gasteiger partial charge in [0.05, 0.1) is 12.0 Å². The van der Waals surface area contributed by atoms with Crippen LogP contribution < -0.4 is 10.6 Å². The number of amides is 2. The van der Waals surface area contributed by atoms with E-state index in [4.69, 9.17) is 4.42 Å². The molecule has 0 radical (unpaired) electrons. The van der Waals surface area contributed by atoms with Crippen molar-refractivity contribution in [3.05, 3.63) is 78.6 Å². The molecule has 2 amide bonds. The number of rotatable bonds is 5. The molecule has 0 saturated carbocycles. The Morgan fingerprint density at radius 2 is 1.86 bits per heavy atom. The van der Waals surface area contributed by atoms with Crippen LogP contribution in [0.2, 0.25) is 0 Å². The molecule has 4 aromatic rings. The Balaban J connectivity index is 1.44. The van der Waals surface area contributed by atoms with Crippen LogP contribution in [-0.2, 0) is 7.05 Å². The molecule has 0 aliphatic carbocycles. The first-order valence-electron chi connectivity index (χ1n) is 8.40. The number of benzene rings is 1. The molecule has 2 N–H and O–H groups in total.